The Hall–Kier alpha value is -1.04. The van der Waals surface area contributed by atoms with Gasteiger partial charge in [-0.3, -0.25) is 14.6 Å². The molecular formula is C8H14N2O3S. The summed E-state index contributed by atoms with van der Waals surface area (Å²) in [6.07, 6.45) is 0. The number of nitrogens with zero attached hydrogens (tertiary/aromatic N) is 1. The Morgan fingerprint density at radius 1 is 1.50 bits per heavy atom. The molecule has 14 heavy (non-hydrogen) atoms. The van der Waals surface area contributed by atoms with Gasteiger partial charge in [-0.25, -0.2) is 8.42 Å². The smallest absolute Gasteiger partial charge is 0.266 e. The molecule has 0 radical (unpaired) electrons. The lowest BCUT2D eigenvalue weighted by molar-refractivity contribution is 0.576. The van der Waals surface area contributed by atoms with Gasteiger partial charge in [0, 0.05) is 17.5 Å². The van der Waals surface area contributed by atoms with Gasteiger partial charge in [-0.05, 0) is 6.92 Å². The SMILES string of the molecule is CCS(=O)(=O)CCn1[nH]c(C)cc1=O. The average Bonchev–Trinajstić information content (AvgIpc) is 2.42. The molecule has 1 aromatic rings. The van der Waals surface area contributed by atoms with Crippen molar-refractivity contribution in [1.82, 2.24) is 9.78 Å². The van der Waals surface area contributed by atoms with Crippen LogP contribution >= 0.6 is 0 Å². The Morgan fingerprint density at radius 3 is 2.57 bits per heavy atom. The van der Waals surface area contributed by atoms with Crippen LogP contribution in [0.15, 0.2) is 10.9 Å². The fourth-order valence-corrected chi connectivity index (χ4v) is 1.85. The van der Waals surface area contributed by atoms with E-state index in [0.717, 1.165) is 5.69 Å². The third kappa shape index (κ3) is 2.73. The van der Waals surface area contributed by atoms with E-state index in [-0.39, 0.29) is 23.6 Å². The number of hydrogen-bond donors (Lipinski definition) is 1. The van der Waals surface area contributed by atoms with E-state index in [9.17, 15) is 13.2 Å². The molecule has 1 aromatic heterocycles. The highest BCUT2D eigenvalue weighted by Crippen LogP contribution is 1.92. The molecule has 0 saturated carbocycles. The normalized spacial score (nSPS) is 11.9. The van der Waals surface area contributed by atoms with Crippen molar-refractivity contribution < 1.29 is 8.42 Å². The molecule has 0 atom stereocenters. The summed E-state index contributed by atoms with van der Waals surface area (Å²) in [6.45, 7) is 3.55. The van der Waals surface area contributed by atoms with Gasteiger partial charge >= 0.3 is 0 Å². The number of aromatic nitrogens is 2. The zero-order valence-corrected chi connectivity index (χ0v) is 9.10. The zero-order valence-electron chi connectivity index (χ0n) is 8.28. The van der Waals surface area contributed by atoms with Crippen molar-refractivity contribution in [2.45, 2.75) is 20.4 Å². The molecule has 6 heteroatoms. The summed E-state index contributed by atoms with van der Waals surface area (Å²) in [5, 5.41) is 2.78. The third-order valence-corrected chi connectivity index (χ3v) is 3.67. The van der Waals surface area contributed by atoms with E-state index >= 15 is 0 Å². The van der Waals surface area contributed by atoms with Crippen molar-refractivity contribution in [2.75, 3.05) is 11.5 Å². The van der Waals surface area contributed by atoms with Crippen LogP contribution in [0.2, 0.25) is 0 Å². The molecule has 0 bridgehead atoms. The second-order valence-corrected chi connectivity index (χ2v) is 5.64. The van der Waals surface area contributed by atoms with Crippen molar-refractivity contribution in [3.8, 4) is 0 Å². The summed E-state index contributed by atoms with van der Waals surface area (Å²) < 4.78 is 23.6. The van der Waals surface area contributed by atoms with Gasteiger partial charge in [-0.1, -0.05) is 6.92 Å². The van der Waals surface area contributed by atoms with Gasteiger partial charge in [0.1, 0.15) is 0 Å². The molecule has 0 unspecified atom stereocenters. The Kier molecular flexibility index (Phi) is 3.15. The number of rotatable bonds is 4. The molecule has 5 nitrogen and oxygen atoms in total. The number of aryl methyl sites for hydroxylation is 2. The highest BCUT2D eigenvalue weighted by atomic mass is 32.2. The van der Waals surface area contributed by atoms with Crippen LogP contribution in [0.1, 0.15) is 12.6 Å². The first-order chi connectivity index (χ1) is 6.44. The molecule has 0 aliphatic rings. The lowest BCUT2D eigenvalue weighted by Crippen LogP contribution is -2.22. The lowest BCUT2D eigenvalue weighted by atomic mass is 10.5. The van der Waals surface area contributed by atoms with E-state index in [1.165, 1.54) is 10.7 Å². The molecule has 1 heterocycles. The number of H-pyrrole nitrogens is 1. The lowest BCUT2D eigenvalue weighted by Gasteiger charge is -2.01. The van der Waals surface area contributed by atoms with E-state index in [4.69, 9.17) is 0 Å². The van der Waals surface area contributed by atoms with E-state index in [1.54, 1.807) is 13.8 Å². The molecule has 0 spiro atoms. The molecular weight excluding hydrogens is 204 g/mol. The number of hydrogen-bond acceptors (Lipinski definition) is 3. The summed E-state index contributed by atoms with van der Waals surface area (Å²) in [5.74, 6) is 0.116. The van der Waals surface area contributed by atoms with Crippen LogP contribution in [0.3, 0.4) is 0 Å². The predicted molar refractivity (Wildman–Crippen MR) is 54.1 cm³/mol. The van der Waals surface area contributed by atoms with Gasteiger partial charge in [0.25, 0.3) is 5.56 Å². The van der Waals surface area contributed by atoms with Gasteiger partial charge in [0.05, 0.1) is 12.3 Å². The molecule has 0 amide bonds. The summed E-state index contributed by atoms with van der Waals surface area (Å²) >= 11 is 0. The average molecular weight is 218 g/mol. The van der Waals surface area contributed by atoms with Crippen LogP contribution in [0.25, 0.3) is 0 Å². The van der Waals surface area contributed by atoms with Crippen LogP contribution in [0, 0.1) is 6.92 Å². The molecule has 1 rings (SSSR count). The fourth-order valence-electron chi connectivity index (χ4n) is 1.10. The Morgan fingerprint density at radius 2 is 2.14 bits per heavy atom. The van der Waals surface area contributed by atoms with Crippen molar-refractivity contribution in [3.05, 3.63) is 22.1 Å². The summed E-state index contributed by atoms with van der Waals surface area (Å²) in [4.78, 5) is 11.2. The summed E-state index contributed by atoms with van der Waals surface area (Å²) in [5.41, 5.74) is 0.553. The van der Waals surface area contributed by atoms with Crippen LogP contribution < -0.4 is 5.56 Å². The first-order valence-corrected chi connectivity index (χ1v) is 6.23. The molecule has 0 saturated heterocycles. The molecule has 0 aromatic carbocycles. The maximum atomic E-state index is 11.2. The maximum absolute atomic E-state index is 11.2. The monoisotopic (exact) mass is 218 g/mol. The van der Waals surface area contributed by atoms with Gasteiger partial charge in [0.2, 0.25) is 0 Å². The second kappa shape index (κ2) is 4.00. The van der Waals surface area contributed by atoms with Gasteiger partial charge in [-0.15, -0.1) is 0 Å². The van der Waals surface area contributed by atoms with Crippen LogP contribution in [-0.2, 0) is 16.4 Å². The minimum absolute atomic E-state index is 0.00333. The first kappa shape index (κ1) is 11.0. The van der Waals surface area contributed by atoms with Crippen molar-refractivity contribution >= 4 is 9.84 Å². The fraction of sp³-hybridized carbons (Fsp3) is 0.625. The maximum Gasteiger partial charge on any atom is 0.266 e. The van der Waals surface area contributed by atoms with Crippen molar-refractivity contribution in [1.29, 1.82) is 0 Å². The third-order valence-electron chi connectivity index (χ3n) is 1.98. The van der Waals surface area contributed by atoms with Crippen molar-refractivity contribution in [2.24, 2.45) is 0 Å². The van der Waals surface area contributed by atoms with E-state index in [0.29, 0.717) is 0 Å². The largest absolute Gasteiger partial charge is 0.300 e. The van der Waals surface area contributed by atoms with E-state index < -0.39 is 9.84 Å². The topological polar surface area (TPSA) is 71.9 Å². The second-order valence-electron chi connectivity index (χ2n) is 3.17. The highest BCUT2D eigenvalue weighted by Gasteiger charge is 2.08. The number of sulfone groups is 1. The summed E-state index contributed by atoms with van der Waals surface area (Å²) in [6, 6.07) is 1.44. The molecule has 1 N–H and O–H groups in total. The Balaban J connectivity index is 2.72. The molecule has 0 aliphatic carbocycles. The quantitative estimate of drug-likeness (QED) is 0.768. The standard InChI is InChI=1S/C8H14N2O3S/c1-3-14(12,13)5-4-10-8(11)6-7(2)9-10/h6,9H,3-5H2,1-2H3. The van der Waals surface area contributed by atoms with E-state index in [1.807, 2.05) is 0 Å². The summed E-state index contributed by atoms with van der Waals surface area (Å²) in [7, 11) is -3.00. The Bertz CT molecular complexity index is 455. The molecule has 0 fully saturated rings. The molecule has 80 valence electrons. The first-order valence-electron chi connectivity index (χ1n) is 4.41. The highest BCUT2D eigenvalue weighted by molar-refractivity contribution is 7.91. The number of nitrogens with one attached hydrogen (secondary N) is 1. The Labute approximate surface area is 82.7 Å². The van der Waals surface area contributed by atoms with E-state index in [2.05, 4.69) is 5.10 Å². The van der Waals surface area contributed by atoms with Gasteiger partial charge in [-0.2, -0.15) is 0 Å². The minimum Gasteiger partial charge on any atom is -0.300 e. The van der Waals surface area contributed by atoms with Gasteiger partial charge in [0.15, 0.2) is 9.84 Å². The molecule has 0 aliphatic heterocycles. The number of aromatic amines is 1. The van der Waals surface area contributed by atoms with Gasteiger partial charge < -0.3 is 0 Å². The van der Waals surface area contributed by atoms with Crippen LogP contribution in [-0.4, -0.2) is 29.7 Å². The minimum atomic E-state index is -3.00. The van der Waals surface area contributed by atoms with Crippen LogP contribution in [0.4, 0.5) is 0 Å². The van der Waals surface area contributed by atoms with Crippen LogP contribution in [0.5, 0.6) is 0 Å². The predicted octanol–water partition coefficient (Wildman–Crippen LogP) is -0.0805. The van der Waals surface area contributed by atoms with Crippen molar-refractivity contribution in [3.63, 3.8) is 0 Å². The zero-order chi connectivity index (χ0) is 10.8.